The Labute approximate surface area is 677 Å². The zero-order valence-corrected chi connectivity index (χ0v) is 65.4. The number of esters is 1. The summed E-state index contributed by atoms with van der Waals surface area (Å²) in [6.45, 7) is 19.4. The van der Waals surface area contributed by atoms with Gasteiger partial charge in [0.15, 0.2) is 16.7 Å². The molecule has 0 fully saturated rings. The molecular weight excluding hydrogens is 1570 g/mol. The minimum atomic E-state index is -1.03. The van der Waals surface area contributed by atoms with Crippen molar-refractivity contribution in [2.75, 3.05) is 11.1 Å². The van der Waals surface area contributed by atoms with E-state index in [0.717, 1.165) is 23.8 Å². The molecule has 2 unspecified atom stereocenters. The topological polar surface area (TPSA) is 350 Å². The molecule has 5 aromatic heterocycles. The predicted octanol–water partition coefficient (Wildman–Crippen LogP) is 17.9. The van der Waals surface area contributed by atoms with E-state index in [4.69, 9.17) is 53.6 Å². The normalized spacial score (nSPS) is 14.7. The summed E-state index contributed by atoms with van der Waals surface area (Å²) in [7, 11) is 0. The fourth-order valence-electron chi connectivity index (χ4n) is 12.4. The first kappa shape index (κ1) is 84.8. The Bertz CT molecular complexity index is 6520. The molecule has 6 N–H and O–H groups in total. The zero-order chi connectivity index (χ0) is 86.2. The van der Waals surface area contributed by atoms with Gasteiger partial charge in [0.05, 0.1) is 56.0 Å². The third-order valence-electron chi connectivity index (χ3n) is 18.3. The molecule has 0 spiro atoms. The van der Waals surface area contributed by atoms with Gasteiger partial charge in [0.25, 0.3) is 17.0 Å². The fourth-order valence-corrected chi connectivity index (χ4v) is 12.4. The molecule has 2 aliphatic heterocycles. The van der Waals surface area contributed by atoms with Gasteiger partial charge in [0.2, 0.25) is 28.9 Å². The molecule has 9 aromatic carbocycles. The van der Waals surface area contributed by atoms with Gasteiger partial charge in [0, 0.05) is 91.1 Å². The number of benzene rings is 9. The molecule has 14 aromatic rings. The molecule has 0 saturated carbocycles. The molecule has 16 rings (SSSR count). The smallest absolute Gasteiger partial charge is 0.306 e. The number of ether oxygens (including phenoxy) is 1. The Hall–Kier alpha value is -14.6. The van der Waals surface area contributed by atoms with Gasteiger partial charge in [-0.1, -0.05) is 35.6 Å². The van der Waals surface area contributed by atoms with Crippen molar-refractivity contribution in [3.8, 4) is 22.9 Å². The molecule has 0 bridgehead atoms. The van der Waals surface area contributed by atoms with E-state index in [1.54, 1.807) is 84.0 Å². The van der Waals surface area contributed by atoms with E-state index < -0.39 is 63.6 Å². The van der Waals surface area contributed by atoms with Gasteiger partial charge >= 0.3 is 11.9 Å². The third-order valence-corrected chi connectivity index (χ3v) is 18.3. The van der Waals surface area contributed by atoms with Crippen molar-refractivity contribution < 1.29 is 88.1 Å². The highest BCUT2D eigenvalue weighted by molar-refractivity contribution is 6.05. The van der Waals surface area contributed by atoms with Crippen LogP contribution < -0.4 is 22.2 Å². The van der Waals surface area contributed by atoms with E-state index in [-0.39, 0.29) is 83.2 Å². The fraction of sp³-hybridized carbons (Fsp3) is 0.205. The average Bonchev–Trinajstić information content (AvgIpc) is 1.49. The van der Waals surface area contributed by atoms with E-state index in [0.29, 0.717) is 138 Å². The average molecular weight is 1640 g/mol. The van der Waals surface area contributed by atoms with Crippen LogP contribution in [0.2, 0.25) is 0 Å². The number of carbonyl (C=O) groups is 3. The Balaban J connectivity index is 0.000000156. The lowest BCUT2D eigenvalue weighted by molar-refractivity contribution is -0.155. The number of aliphatic carboxylic acids is 1. The maximum atomic E-state index is 13.8. The Morgan fingerprint density at radius 3 is 1.34 bits per heavy atom. The number of aromatic nitrogens is 7. The van der Waals surface area contributed by atoms with Gasteiger partial charge in [-0.05, 0) is 195 Å². The summed E-state index contributed by atoms with van der Waals surface area (Å²) in [5, 5.41) is 38.7. The van der Waals surface area contributed by atoms with Gasteiger partial charge in [-0.3, -0.25) is 33.1 Å². The number of halogens is 7. The molecule has 2 atom stereocenters. The van der Waals surface area contributed by atoms with Crippen molar-refractivity contribution in [2.45, 2.75) is 117 Å². The molecule has 120 heavy (non-hydrogen) atoms. The predicted molar refractivity (Wildman–Crippen MR) is 434 cm³/mol. The molecule has 1 amide bonds. The van der Waals surface area contributed by atoms with Crippen molar-refractivity contribution in [3.63, 3.8) is 0 Å². The zero-order valence-electron chi connectivity index (χ0n) is 65.4. The van der Waals surface area contributed by atoms with Gasteiger partial charge in [0.1, 0.15) is 86.0 Å². The monoisotopic (exact) mass is 1640 g/mol. The number of nitrogen functional groups attached to an aromatic ring is 1. The van der Waals surface area contributed by atoms with Crippen LogP contribution in [0.3, 0.4) is 0 Å². The molecule has 616 valence electrons. The van der Waals surface area contributed by atoms with Crippen LogP contribution in [0.25, 0.3) is 72.1 Å². The standard InChI is InChI=1S/C33H30F2N4O5.C29H22F2N4O5.C10H10FNO2.C10H8FNO.C6H6FNO/c1-32(2,3)43-29(40)7-5-6-28-36-25-16-19(8-14-23(25)30(41)39(28)22-12-9-20(34)10-13-22)26-18-33(4,44-38-26)31-37-24-15-11-21(35)17-27(24)42-31;1-29(28-33-21-12-8-18(31)14-24(21)39-28)15-23(34-40-29)16-5-11-20-22(13-16)32-25(3-2-4-26(36)37)35(27(20)38)19-9-6-17(30)7-10-19;1-6(2)10(14)12-8-4-3-7(11)5-9(8)13;1-6(2)10-12-8-4-3-7(11)5-9(8)13-10;7-4-1-2-5(8)6(9)3-4/h8-17H,5-7,18H2,1-4H3;5-14H,2-4,15H2,1H3,(H,36,37);3-5,13H,1H2,2H3,(H,12,14);3-5H,1H2,2H3;1-3,9H,8H2. The second-order valence-electron chi connectivity index (χ2n) is 29.3. The number of amides is 1. The molecule has 0 saturated heterocycles. The van der Waals surface area contributed by atoms with E-state index in [1.165, 1.54) is 131 Å². The van der Waals surface area contributed by atoms with Crippen molar-refractivity contribution in [2.24, 2.45) is 10.3 Å². The minimum absolute atomic E-state index is 0.0907. The lowest BCUT2D eigenvalue weighted by Gasteiger charge is -2.19. The summed E-state index contributed by atoms with van der Waals surface area (Å²) >= 11 is 0. The molecule has 2 aliphatic rings. The largest absolute Gasteiger partial charge is 0.506 e. The molecule has 25 nitrogen and oxygen atoms in total. The summed E-state index contributed by atoms with van der Waals surface area (Å²) in [6.07, 6.45) is 1.83. The number of hydrogen-bond donors (Lipinski definition) is 5. The van der Waals surface area contributed by atoms with E-state index in [9.17, 15) is 59.8 Å². The number of oxazole rings is 3. The maximum Gasteiger partial charge on any atom is 0.306 e. The molecule has 0 radical (unpaired) electrons. The number of allylic oxidation sites excluding steroid dienone is 1. The first-order chi connectivity index (χ1) is 56.9. The van der Waals surface area contributed by atoms with Crippen LogP contribution >= 0.6 is 0 Å². The summed E-state index contributed by atoms with van der Waals surface area (Å²) in [5.41, 5.74) is 10.2. The number of rotatable bonds is 17. The number of aryl methyl sites for hydroxylation is 2. The van der Waals surface area contributed by atoms with Crippen molar-refractivity contribution in [3.05, 3.63) is 297 Å². The number of fused-ring (bicyclic) bond motifs is 5. The quantitative estimate of drug-likeness (QED) is 0.0186. The van der Waals surface area contributed by atoms with E-state index >= 15 is 0 Å². The van der Waals surface area contributed by atoms with Crippen molar-refractivity contribution in [1.82, 2.24) is 34.1 Å². The first-order valence-electron chi connectivity index (χ1n) is 37.1. The molecule has 0 aliphatic carbocycles. The Morgan fingerprint density at radius 1 is 0.517 bits per heavy atom. The highest BCUT2D eigenvalue weighted by atomic mass is 19.2. The van der Waals surface area contributed by atoms with Crippen LogP contribution in [0, 0.1) is 40.7 Å². The minimum Gasteiger partial charge on any atom is -0.506 e. The lowest BCUT2D eigenvalue weighted by atomic mass is 9.95. The van der Waals surface area contributed by atoms with E-state index in [1.807, 2.05) is 0 Å². The number of phenolic OH excluding ortho intramolecular Hbond substituents is 2. The second-order valence-corrected chi connectivity index (χ2v) is 29.3. The Kier molecular flexibility index (Phi) is 25.1. The molecule has 7 heterocycles. The van der Waals surface area contributed by atoms with Gasteiger partial charge < -0.3 is 54.0 Å². The number of carboxylic acids is 1. The van der Waals surface area contributed by atoms with Gasteiger partial charge in [-0.25, -0.2) is 55.7 Å². The number of phenols is 2. The highest BCUT2D eigenvalue weighted by Gasteiger charge is 2.43. The maximum absolute atomic E-state index is 13.8. The number of hydrogen-bond acceptors (Lipinski definition) is 21. The van der Waals surface area contributed by atoms with Crippen LogP contribution in [0.1, 0.15) is 127 Å². The summed E-state index contributed by atoms with van der Waals surface area (Å²) in [6, 6.07) is 40.6. The molecule has 32 heteroatoms. The SMILES string of the molecule is C=C(C)C(=O)Nc1ccc(F)cc1O.C=C(C)c1nc2ccc(F)cc2o1.CC(C)(C)OC(=O)CCCc1nc2cc(C3=NOC(C)(c4nc5ccc(F)cc5o4)C3)ccc2c(=O)n1-c1ccc(F)cc1.CC1(c2nc3ccc(F)cc3o2)CC(c2ccc3c(=O)n(-c4ccc(F)cc4)c(CCCC(=O)O)nc3c2)=NO1.Nc1ccc(F)cc1O. The van der Waals surface area contributed by atoms with Crippen molar-refractivity contribution >= 4 is 101 Å². The second kappa shape index (κ2) is 35.5. The highest BCUT2D eigenvalue weighted by Crippen LogP contribution is 2.40. The van der Waals surface area contributed by atoms with Gasteiger partial charge in [-0.15, -0.1) is 0 Å². The number of anilines is 2. The lowest BCUT2D eigenvalue weighted by Crippen LogP contribution is -2.25. The summed E-state index contributed by atoms with van der Waals surface area (Å²) < 4.78 is 117. The van der Waals surface area contributed by atoms with Crippen LogP contribution in [-0.4, -0.2) is 84.2 Å². The number of nitrogens with one attached hydrogen (secondary N) is 1. The van der Waals surface area contributed by atoms with Crippen LogP contribution in [0.15, 0.2) is 228 Å². The number of nitrogens with two attached hydrogens (primary N) is 1. The van der Waals surface area contributed by atoms with Gasteiger partial charge in [-0.2, -0.15) is 0 Å². The number of aromatic hydroxyl groups is 2. The van der Waals surface area contributed by atoms with Crippen LogP contribution in [0.4, 0.5) is 42.1 Å². The molecular formula is C88H76F7N11O14. The number of oxime groups is 2. The van der Waals surface area contributed by atoms with Crippen LogP contribution in [-0.2, 0) is 52.8 Å². The first-order valence-corrected chi connectivity index (χ1v) is 37.1. The summed E-state index contributed by atoms with van der Waals surface area (Å²) in [5.74, 6) is -3.57. The van der Waals surface area contributed by atoms with Crippen LogP contribution in [0.5, 0.6) is 11.5 Å². The Morgan fingerprint density at radius 2 is 0.925 bits per heavy atom. The van der Waals surface area contributed by atoms with Crippen molar-refractivity contribution in [1.29, 1.82) is 0 Å². The van der Waals surface area contributed by atoms with E-state index in [2.05, 4.69) is 43.7 Å². The number of carboxylic acid groups (broad SMARTS) is 1. The number of nitrogens with zero attached hydrogens (tertiary/aromatic N) is 9. The summed E-state index contributed by atoms with van der Waals surface area (Å²) in [4.78, 5) is 96.0. The third kappa shape index (κ3) is 20.3. The number of carbonyl (C=O) groups excluding carboxylic acids is 2.